The Morgan fingerprint density at radius 2 is 1.79 bits per heavy atom. The van der Waals surface area contributed by atoms with Crippen LogP contribution in [0.15, 0.2) is 48.5 Å². The molecule has 0 aliphatic carbocycles. The zero-order chi connectivity index (χ0) is 20.8. The normalized spacial score (nSPS) is 11.6. The maximum atomic E-state index is 12.3. The van der Waals surface area contributed by atoms with Crippen LogP contribution in [0, 0.1) is 6.92 Å². The summed E-state index contributed by atoms with van der Waals surface area (Å²) in [7, 11) is 0. The minimum Gasteiger partial charge on any atom is -0.484 e. The van der Waals surface area contributed by atoms with Crippen molar-refractivity contribution in [2.75, 3.05) is 11.9 Å². The highest BCUT2D eigenvalue weighted by Gasteiger charge is 2.18. The number of carbonyl (C=O) groups excluding carboxylic acids is 2. The highest BCUT2D eigenvalue weighted by molar-refractivity contribution is 7.18. The smallest absolute Gasteiger partial charge is 0.258 e. The summed E-state index contributed by atoms with van der Waals surface area (Å²) in [6, 6.07) is 13.8. The molecule has 0 saturated heterocycles. The number of nitrogens with one attached hydrogen (secondary N) is 2. The Hall–Kier alpha value is -2.97. The predicted octanol–water partition coefficient (Wildman–Crippen LogP) is 3.69. The zero-order valence-electron chi connectivity index (χ0n) is 15.8. The number of hydrogen-bond donors (Lipinski definition) is 2. The number of amides is 2. The molecule has 0 aliphatic rings. The first-order valence-corrected chi connectivity index (χ1v) is 9.99. The highest BCUT2D eigenvalue weighted by atomic mass is 35.5. The van der Waals surface area contributed by atoms with E-state index in [2.05, 4.69) is 20.8 Å². The van der Waals surface area contributed by atoms with Gasteiger partial charge in [-0.2, -0.15) is 0 Å². The van der Waals surface area contributed by atoms with Gasteiger partial charge in [-0.3, -0.25) is 14.9 Å². The van der Waals surface area contributed by atoms with Crippen molar-refractivity contribution in [2.24, 2.45) is 0 Å². The summed E-state index contributed by atoms with van der Waals surface area (Å²) < 4.78 is 5.36. The van der Waals surface area contributed by atoms with Gasteiger partial charge in [0.05, 0.1) is 0 Å². The lowest BCUT2D eigenvalue weighted by atomic mass is 10.2. The summed E-state index contributed by atoms with van der Waals surface area (Å²) in [5, 5.41) is 15.0. The van der Waals surface area contributed by atoms with Gasteiger partial charge in [0.2, 0.25) is 11.0 Å². The van der Waals surface area contributed by atoms with Crippen LogP contribution >= 0.6 is 22.9 Å². The van der Waals surface area contributed by atoms with Crippen LogP contribution in [0.3, 0.4) is 0 Å². The van der Waals surface area contributed by atoms with Gasteiger partial charge in [0, 0.05) is 10.6 Å². The third-order valence-corrected chi connectivity index (χ3v) is 5.05. The Labute approximate surface area is 177 Å². The fraction of sp³-hybridized carbons (Fsp3) is 0.200. The second-order valence-corrected chi connectivity index (χ2v) is 7.71. The van der Waals surface area contributed by atoms with Crippen LogP contribution in [0.1, 0.15) is 12.5 Å². The Balaban J connectivity index is 1.49. The molecule has 150 valence electrons. The molecule has 3 rings (SSSR count). The molecule has 1 aromatic heterocycles. The average molecular weight is 431 g/mol. The number of halogens is 1. The van der Waals surface area contributed by atoms with E-state index >= 15 is 0 Å². The molecule has 0 spiro atoms. The number of nitrogens with zero attached hydrogens (tertiary/aromatic N) is 2. The van der Waals surface area contributed by atoms with Crippen molar-refractivity contribution in [1.29, 1.82) is 0 Å². The van der Waals surface area contributed by atoms with Crippen molar-refractivity contribution in [3.8, 4) is 16.3 Å². The molecule has 1 unspecified atom stereocenters. The number of hydrogen-bond acceptors (Lipinski definition) is 6. The predicted molar refractivity (Wildman–Crippen MR) is 113 cm³/mol. The Kier molecular flexibility index (Phi) is 6.79. The van der Waals surface area contributed by atoms with Crippen LogP contribution in [-0.4, -0.2) is 34.7 Å². The summed E-state index contributed by atoms with van der Waals surface area (Å²) >= 11 is 7.06. The van der Waals surface area contributed by atoms with E-state index in [-0.39, 0.29) is 6.61 Å². The van der Waals surface area contributed by atoms with E-state index < -0.39 is 17.9 Å². The van der Waals surface area contributed by atoms with Crippen LogP contribution < -0.4 is 15.4 Å². The van der Waals surface area contributed by atoms with Crippen LogP contribution in [0.2, 0.25) is 5.02 Å². The number of ether oxygens (including phenoxy) is 1. The summed E-state index contributed by atoms with van der Waals surface area (Å²) in [5.41, 5.74) is 2.07. The largest absolute Gasteiger partial charge is 0.484 e. The summed E-state index contributed by atoms with van der Waals surface area (Å²) in [6.07, 6.45) is 0. The molecule has 3 aromatic rings. The third kappa shape index (κ3) is 6.00. The quantitative estimate of drug-likeness (QED) is 0.596. The lowest BCUT2D eigenvalue weighted by Gasteiger charge is -2.13. The van der Waals surface area contributed by atoms with Gasteiger partial charge in [0.15, 0.2) is 6.61 Å². The summed E-state index contributed by atoms with van der Waals surface area (Å²) in [5.74, 6) is -0.296. The molecule has 1 heterocycles. The summed E-state index contributed by atoms with van der Waals surface area (Å²) in [6.45, 7) is 3.37. The number of benzene rings is 2. The number of rotatable bonds is 7. The maximum Gasteiger partial charge on any atom is 0.258 e. The first kappa shape index (κ1) is 20.8. The molecule has 0 saturated carbocycles. The van der Waals surface area contributed by atoms with Crippen molar-refractivity contribution in [3.05, 3.63) is 59.1 Å². The van der Waals surface area contributed by atoms with E-state index in [1.165, 1.54) is 11.3 Å². The van der Waals surface area contributed by atoms with E-state index in [9.17, 15) is 9.59 Å². The van der Waals surface area contributed by atoms with Gasteiger partial charge in [-0.25, -0.2) is 0 Å². The molecule has 0 aliphatic heterocycles. The number of aryl methyl sites for hydroxylation is 1. The van der Waals surface area contributed by atoms with Crippen LogP contribution in [0.25, 0.3) is 10.6 Å². The van der Waals surface area contributed by atoms with Gasteiger partial charge < -0.3 is 10.1 Å². The van der Waals surface area contributed by atoms with E-state index in [1.807, 2.05) is 31.2 Å². The average Bonchev–Trinajstić information content (AvgIpc) is 3.16. The van der Waals surface area contributed by atoms with Gasteiger partial charge >= 0.3 is 0 Å². The molecule has 2 aromatic carbocycles. The second kappa shape index (κ2) is 9.49. The topological polar surface area (TPSA) is 93.2 Å². The standard InChI is InChI=1S/C20H19ClN4O3S/c1-12-3-5-14(6-4-12)19-24-25-20(29-19)23-18(27)13(2)22-17(26)11-28-16-9-7-15(21)8-10-16/h3-10,13H,11H2,1-2H3,(H,22,26)(H,23,25,27). The molecule has 1 atom stereocenters. The van der Waals surface area contributed by atoms with Crippen molar-refractivity contribution < 1.29 is 14.3 Å². The molecule has 2 N–H and O–H groups in total. The van der Waals surface area contributed by atoms with Crippen molar-refractivity contribution in [1.82, 2.24) is 15.5 Å². The Morgan fingerprint density at radius 1 is 1.10 bits per heavy atom. The Bertz CT molecular complexity index is 990. The molecule has 0 radical (unpaired) electrons. The van der Waals surface area contributed by atoms with Crippen LogP contribution in [0.5, 0.6) is 5.75 Å². The van der Waals surface area contributed by atoms with Crippen molar-refractivity contribution in [2.45, 2.75) is 19.9 Å². The number of carbonyl (C=O) groups is 2. The monoisotopic (exact) mass is 430 g/mol. The second-order valence-electron chi connectivity index (χ2n) is 6.30. The van der Waals surface area contributed by atoms with E-state index in [0.717, 1.165) is 11.1 Å². The molecule has 0 bridgehead atoms. The molecule has 9 heteroatoms. The van der Waals surface area contributed by atoms with Gasteiger partial charge in [-0.15, -0.1) is 10.2 Å². The van der Waals surface area contributed by atoms with E-state index in [1.54, 1.807) is 31.2 Å². The van der Waals surface area contributed by atoms with Gasteiger partial charge in [-0.05, 0) is 38.1 Å². The van der Waals surface area contributed by atoms with Crippen molar-refractivity contribution >= 4 is 39.9 Å². The number of anilines is 1. The summed E-state index contributed by atoms with van der Waals surface area (Å²) in [4.78, 5) is 24.3. The highest BCUT2D eigenvalue weighted by Crippen LogP contribution is 2.26. The van der Waals surface area contributed by atoms with Crippen LogP contribution in [0.4, 0.5) is 5.13 Å². The molecule has 2 amide bonds. The van der Waals surface area contributed by atoms with Gasteiger partial charge in [0.25, 0.3) is 5.91 Å². The fourth-order valence-corrected chi connectivity index (χ4v) is 3.21. The van der Waals surface area contributed by atoms with Crippen LogP contribution in [-0.2, 0) is 9.59 Å². The van der Waals surface area contributed by atoms with Crippen molar-refractivity contribution in [3.63, 3.8) is 0 Å². The van der Waals surface area contributed by atoms with E-state index in [0.29, 0.717) is 20.9 Å². The lowest BCUT2D eigenvalue weighted by molar-refractivity contribution is -0.127. The molecular formula is C20H19ClN4O3S. The minimum absolute atomic E-state index is 0.213. The lowest BCUT2D eigenvalue weighted by Crippen LogP contribution is -2.43. The number of aromatic nitrogens is 2. The Morgan fingerprint density at radius 3 is 2.48 bits per heavy atom. The SMILES string of the molecule is Cc1ccc(-c2nnc(NC(=O)C(C)NC(=O)COc3ccc(Cl)cc3)s2)cc1. The van der Waals surface area contributed by atoms with Gasteiger partial charge in [-0.1, -0.05) is 52.8 Å². The molecular weight excluding hydrogens is 412 g/mol. The molecule has 0 fully saturated rings. The fourth-order valence-electron chi connectivity index (χ4n) is 2.33. The first-order valence-electron chi connectivity index (χ1n) is 8.80. The molecule has 7 nitrogen and oxygen atoms in total. The first-order chi connectivity index (χ1) is 13.9. The molecule has 29 heavy (non-hydrogen) atoms. The van der Waals surface area contributed by atoms with E-state index in [4.69, 9.17) is 16.3 Å². The zero-order valence-corrected chi connectivity index (χ0v) is 17.4. The van der Waals surface area contributed by atoms with Gasteiger partial charge in [0.1, 0.15) is 16.8 Å². The maximum absolute atomic E-state index is 12.3. The minimum atomic E-state index is -0.761. The third-order valence-electron chi connectivity index (χ3n) is 3.91.